The molecule has 0 atom stereocenters. The van der Waals surface area contributed by atoms with E-state index in [-0.39, 0.29) is 10.8 Å². The fraction of sp³-hybridized carbons (Fsp3) is 0.375. The standard InChI is InChI=1S/C24H29N3/c1-23(2,3)21-6-4-5-7-22(21)24(12-14-25-15-13-24)20-10-8-18(9-11-20)19-16-26-27-17-19/h4-11,16-17,25H,12-15H2,1-3H3,(H,26,27). The van der Waals surface area contributed by atoms with Gasteiger partial charge in [0, 0.05) is 17.2 Å². The zero-order chi connectivity index (χ0) is 18.9. The quantitative estimate of drug-likeness (QED) is 0.687. The first kappa shape index (κ1) is 18.0. The minimum absolute atomic E-state index is 0.0735. The first-order valence-electron chi connectivity index (χ1n) is 9.91. The van der Waals surface area contributed by atoms with Gasteiger partial charge in [-0.1, -0.05) is 69.3 Å². The van der Waals surface area contributed by atoms with Gasteiger partial charge in [-0.2, -0.15) is 5.10 Å². The van der Waals surface area contributed by atoms with Crippen LogP contribution in [0, 0.1) is 0 Å². The predicted molar refractivity (Wildman–Crippen MR) is 112 cm³/mol. The van der Waals surface area contributed by atoms with Crippen LogP contribution in [-0.4, -0.2) is 23.3 Å². The molecule has 2 heterocycles. The van der Waals surface area contributed by atoms with Crippen LogP contribution < -0.4 is 5.32 Å². The lowest BCUT2D eigenvalue weighted by atomic mass is 9.64. The van der Waals surface area contributed by atoms with Gasteiger partial charge >= 0.3 is 0 Å². The summed E-state index contributed by atoms with van der Waals surface area (Å²) in [6.45, 7) is 9.08. The summed E-state index contributed by atoms with van der Waals surface area (Å²) in [5, 5.41) is 10.5. The van der Waals surface area contributed by atoms with Crippen molar-refractivity contribution in [2.24, 2.45) is 0 Å². The summed E-state index contributed by atoms with van der Waals surface area (Å²) in [6, 6.07) is 18.2. The van der Waals surface area contributed by atoms with Crippen molar-refractivity contribution in [3.63, 3.8) is 0 Å². The van der Waals surface area contributed by atoms with E-state index in [4.69, 9.17) is 0 Å². The molecule has 140 valence electrons. The van der Waals surface area contributed by atoms with Crippen molar-refractivity contribution in [3.05, 3.63) is 77.6 Å². The highest BCUT2D eigenvalue weighted by Crippen LogP contribution is 2.44. The van der Waals surface area contributed by atoms with Crippen molar-refractivity contribution < 1.29 is 0 Å². The summed E-state index contributed by atoms with van der Waals surface area (Å²) in [4.78, 5) is 0. The Morgan fingerprint density at radius 3 is 2.22 bits per heavy atom. The Bertz CT molecular complexity index is 880. The van der Waals surface area contributed by atoms with Crippen molar-refractivity contribution in [1.82, 2.24) is 15.5 Å². The van der Waals surface area contributed by atoms with Crippen molar-refractivity contribution in [2.45, 2.75) is 44.4 Å². The Morgan fingerprint density at radius 2 is 1.59 bits per heavy atom. The van der Waals surface area contributed by atoms with E-state index in [1.807, 2.05) is 12.4 Å². The third kappa shape index (κ3) is 3.32. The predicted octanol–water partition coefficient (Wildman–Crippen LogP) is 5.04. The molecule has 1 aliphatic rings. The molecule has 0 bridgehead atoms. The molecule has 0 radical (unpaired) electrons. The van der Waals surface area contributed by atoms with E-state index in [9.17, 15) is 0 Å². The summed E-state index contributed by atoms with van der Waals surface area (Å²) in [6.07, 6.45) is 6.09. The molecule has 2 aromatic carbocycles. The molecule has 27 heavy (non-hydrogen) atoms. The van der Waals surface area contributed by atoms with Gasteiger partial charge in [-0.25, -0.2) is 0 Å². The molecule has 1 aromatic heterocycles. The van der Waals surface area contributed by atoms with E-state index in [0.717, 1.165) is 31.5 Å². The summed E-state index contributed by atoms with van der Waals surface area (Å²) in [5.74, 6) is 0. The van der Waals surface area contributed by atoms with Crippen LogP contribution in [0.2, 0.25) is 0 Å². The molecule has 1 aliphatic heterocycles. The number of hydrogen-bond acceptors (Lipinski definition) is 2. The monoisotopic (exact) mass is 359 g/mol. The molecule has 0 amide bonds. The van der Waals surface area contributed by atoms with Crippen LogP contribution in [0.3, 0.4) is 0 Å². The Hall–Kier alpha value is -2.39. The van der Waals surface area contributed by atoms with Crippen molar-refractivity contribution in [3.8, 4) is 11.1 Å². The number of hydrogen-bond donors (Lipinski definition) is 2. The number of H-pyrrole nitrogens is 1. The average molecular weight is 360 g/mol. The molecular formula is C24H29N3. The van der Waals surface area contributed by atoms with Gasteiger partial charge in [-0.15, -0.1) is 0 Å². The lowest BCUT2D eigenvalue weighted by Crippen LogP contribution is -2.42. The molecule has 4 rings (SSSR count). The lowest BCUT2D eigenvalue weighted by Gasteiger charge is -2.42. The summed E-state index contributed by atoms with van der Waals surface area (Å²) < 4.78 is 0. The molecule has 0 aliphatic carbocycles. The van der Waals surface area contributed by atoms with Crippen LogP contribution in [0.15, 0.2) is 60.9 Å². The number of aromatic amines is 1. The molecule has 2 N–H and O–H groups in total. The van der Waals surface area contributed by atoms with E-state index in [1.54, 1.807) is 0 Å². The highest BCUT2D eigenvalue weighted by atomic mass is 15.1. The third-order valence-corrected chi connectivity index (χ3v) is 5.98. The average Bonchev–Trinajstić information content (AvgIpc) is 3.23. The van der Waals surface area contributed by atoms with Crippen molar-refractivity contribution in [2.75, 3.05) is 13.1 Å². The van der Waals surface area contributed by atoms with Gasteiger partial charge in [0.1, 0.15) is 0 Å². The van der Waals surface area contributed by atoms with E-state index in [1.165, 1.54) is 22.3 Å². The van der Waals surface area contributed by atoms with Crippen LogP contribution in [-0.2, 0) is 10.8 Å². The van der Waals surface area contributed by atoms with Crippen LogP contribution in [0.4, 0.5) is 0 Å². The lowest BCUT2D eigenvalue weighted by molar-refractivity contribution is 0.355. The van der Waals surface area contributed by atoms with Crippen molar-refractivity contribution in [1.29, 1.82) is 0 Å². The van der Waals surface area contributed by atoms with Crippen LogP contribution in [0.1, 0.15) is 50.3 Å². The van der Waals surface area contributed by atoms with Gasteiger partial charge in [-0.05, 0) is 53.6 Å². The maximum absolute atomic E-state index is 4.08. The fourth-order valence-electron chi connectivity index (χ4n) is 4.51. The maximum atomic E-state index is 4.08. The first-order chi connectivity index (χ1) is 13.0. The minimum atomic E-state index is 0.0735. The number of nitrogens with one attached hydrogen (secondary N) is 2. The zero-order valence-corrected chi connectivity index (χ0v) is 16.5. The van der Waals surface area contributed by atoms with Gasteiger partial charge in [0.2, 0.25) is 0 Å². The number of piperidine rings is 1. The highest BCUT2D eigenvalue weighted by Gasteiger charge is 2.38. The van der Waals surface area contributed by atoms with Gasteiger partial charge < -0.3 is 5.32 Å². The summed E-state index contributed by atoms with van der Waals surface area (Å²) in [5.41, 5.74) is 6.93. The summed E-state index contributed by atoms with van der Waals surface area (Å²) >= 11 is 0. The third-order valence-electron chi connectivity index (χ3n) is 5.98. The molecule has 3 nitrogen and oxygen atoms in total. The number of benzene rings is 2. The molecule has 0 unspecified atom stereocenters. The second kappa shape index (κ2) is 6.97. The maximum Gasteiger partial charge on any atom is 0.0565 e. The van der Waals surface area contributed by atoms with Crippen LogP contribution in [0.25, 0.3) is 11.1 Å². The smallest absolute Gasteiger partial charge is 0.0565 e. The number of nitrogens with zero attached hydrogens (tertiary/aromatic N) is 1. The van der Waals surface area contributed by atoms with E-state index >= 15 is 0 Å². The van der Waals surface area contributed by atoms with Gasteiger partial charge in [0.15, 0.2) is 0 Å². The fourth-order valence-corrected chi connectivity index (χ4v) is 4.51. The molecule has 1 saturated heterocycles. The van der Waals surface area contributed by atoms with Crippen molar-refractivity contribution >= 4 is 0 Å². The van der Waals surface area contributed by atoms with Gasteiger partial charge in [0.25, 0.3) is 0 Å². The zero-order valence-electron chi connectivity index (χ0n) is 16.5. The Labute approximate surface area is 162 Å². The van der Waals surface area contributed by atoms with Crippen LogP contribution in [0.5, 0.6) is 0 Å². The molecule has 3 aromatic rings. The van der Waals surface area contributed by atoms with Gasteiger partial charge in [-0.3, -0.25) is 5.10 Å². The Balaban J connectivity index is 1.83. The molecule has 0 saturated carbocycles. The normalized spacial score (nSPS) is 17.0. The SMILES string of the molecule is CC(C)(C)c1ccccc1C1(c2ccc(-c3cn[nH]c3)cc2)CCNCC1. The minimum Gasteiger partial charge on any atom is -0.317 e. The van der Waals surface area contributed by atoms with E-state index < -0.39 is 0 Å². The van der Waals surface area contributed by atoms with Gasteiger partial charge in [0.05, 0.1) is 6.20 Å². The largest absolute Gasteiger partial charge is 0.317 e. The Kier molecular flexibility index (Phi) is 4.65. The molecular weight excluding hydrogens is 330 g/mol. The van der Waals surface area contributed by atoms with E-state index in [2.05, 4.69) is 84.8 Å². The second-order valence-electron chi connectivity index (χ2n) is 8.69. The summed E-state index contributed by atoms with van der Waals surface area (Å²) in [7, 11) is 0. The highest BCUT2D eigenvalue weighted by molar-refractivity contribution is 5.62. The number of aromatic nitrogens is 2. The van der Waals surface area contributed by atoms with E-state index in [0.29, 0.717) is 0 Å². The first-order valence-corrected chi connectivity index (χ1v) is 9.91. The number of rotatable bonds is 3. The molecule has 3 heteroatoms. The van der Waals surface area contributed by atoms with Crippen LogP contribution >= 0.6 is 0 Å². The molecule has 0 spiro atoms. The Morgan fingerprint density at radius 1 is 0.889 bits per heavy atom. The topological polar surface area (TPSA) is 40.7 Å². The molecule has 1 fully saturated rings. The second-order valence-corrected chi connectivity index (χ2v) is 8.69.